The van der Waals surface area contributed by atoms with Crippen LogP contribution in [0.2, 0.25) is 0 Å². The predicted octanol–water partition coefficient (Wildman–Crippen LogP) is 2.98. The lowest BCUT2D eigenvalue weighted by atomic mass is 9.96. The molecule has 1 saturated heterocycles. The van der Waals surface area contributed by atoms with Crippen LogP contribution in [-0.4, -0.2) is 47.6 Å². The van der Waals surface area contributed by atoms with E-state index in [9.17, 15) is 18.0 Å². The summed E-state index contributed by atoms with van der Waals surface area (Å²) in [7, 11) is 0. The molecule has 9 heteroatoms. The number of halogens is 3. The molecule has 2 atom stereocenters. The third-order valence-electron chi connectivity index (χ3n) is 5.80. The first-order valence-electron chi connectivity index (χ1n) is 9.58. The van der Waals surface area contributed by atoms with E-state index in [2.05, 4.69) is 4.98 Å². The number of nitrogens with zero attached hydrogens (tertiary/aromatic N) is 4. The zero-order chi connectivity index (χ0) is 20.8. The number of benzene rings is 1. The summed E-state index contributed by atoms with van der Waals surface area (Å²) in [6.07, 6.45) is -4.55. The van der Waals surface area contributed by atoms with Gasteiger partial charge in [-0.3, -0.25) is 9.36 Å². The molecule has 29 heavy (non-hydrogen) atoms. The van der Waals surface area contributed by atoms with Crippen LogP contribution in [0.5, 0.6) is 0 Å². The van der Waals surface area contributed by atoms with Crippen LogP contribution in [0, 0.1) is 0 Å². The smallest absolute Gasteiger partial charge is 0.378 e. The molecule has 1 aromatic carbocycles. The zero-order valence-corrected chi connectivity index (χ0v) is 16.3. The van der Waals surface area contributed by atoms with Crippen molar-refractivity contribution in [3.05, 3.63) is 52.3 Å². The van der Waals surface area contributed by atoms with Crippen LogP contribution in [0.4, 0.5) is 24.9 Å². The summed E-state index contributed by atoms with van der Waals surface area (Å²) in [6, 6.07) is 9.67. The van der Waals surface area contributed by atoms with Crippen LogP contribution < -0.4 is 15.4 Å². The van der Waals surface area contributed by atoms with Crippen LogP contribution in [-0.2, 0) is 11.3 Å². The number of alkyl halides is 3. The highest BCUT2D eigenvalue weighted by molar-refractivity contribution is 5.52. The molecule has 0 saturated carbocycles. The summed E-state index contributed by atoms with van der Waals surface area (Å²) in [5, 5.41) is 0. The Kier molecular flexibility index (Phi) is 4.80. The molecule has 1 fully saturated rings. The summed E-state index contributed by atoms with van der Waals surface area (Å²) in [4.78, 5) is 20.4. The molecule has 0 aliphatic carbocycles. The predicted molar refractivity (Wildman–Crippen MR) is 103 cm³/mol. The van der Waals surface area contributed by atoms with Crippen molar-refractivity contribution >= 4 is 11.8 Å². The van der Waals surface area contributed by atoms with Crippen molar-refractivity contribution < 1.29 is 17.9 Å². The van der Waals surface area contributed by atoms with Crippen molar-refractivity contribution in [2.75, 3.05) is 36.1 Å². The Bertz CT molecular complexity index is 941. The molecule has 3 heterocycles. The van der Waals surface area contributed by atoms with Crippen molar-refractivity contribution in [1.82, 2.24) is 9.55 Å². The molecule has 6 nitrogen and oxygen atoms in total. The number of aromatic nitrogens is 2. The molecule has 0 N–H and O–H groups in total. The highest BCUT2D eigenvalue weighted by atomic mass is 19.4. The van der Waals surface area contributed by atoms with E-state index in [1.54, 1.807) is 31.2 Å². The van der Waals surface area contributed by atoms with E-state index in [-0.39, 0.29) is 5.95 Å². The van der Waals surface area contributed by atoms with Crippen LogP contribution >= 0.6 is 0 Å². The van der Waals surface area contributed by atoms with Gasteiger partial charge in [0.2, 0.25) is 5.95 Å². The minimum atomic E-state index is -4.55. The Labute approximate surface area is 166 Å². The molecule has 2 aliphatic rings. The first kappa shape index (κ1) is 19.8. The van der Waals surface area contributed by atoms with Crippen LogP contribution in [0.3, 0.4) is 0 Å². The molecule has 0 radical (unpaired) electrons. The van der Waals surface area contributed by atoms with E-state index in [1.807, 2.05) is 11.0 Å². The van der Waals surface area contributed by atoms with E-state index >= 15 is 0 Å². The minimum absolute atomic E-state index is 0.0511. The number of ether oxygens (including phenoxy) is 1. The summed E-state index contributed by atoms with van der Waals surface area (Å²) in [5.41, 5.74) is -2.00. The van der Waals surface area contributed by atoms with Gasteiger partial charge in [0.15, 0.2) is 5.54 Å². The summed E-state index contributed by atoms with van der Waals surface area (Å²) in [5.74, 6) is 0.441. The highest BCUT2D eigenvalue weighted by Gasteiger charge is 2.61. The van der Waals surface area contributed by atoms with Crippen LogP contribution in [0.25, 0.3) is 0 Å². The van der Waals surface area contributed by atoms with Gasteiger partial charge in [-0.05, 0) is 19.4 Å². The van der Waals surface area contributed by atoms with Gasteiger partial charge in [0.1, 0.15) is 5.82 Å². The van der Waals surface area contributed by atoms with Gasteiger partial charge in [-0.25, -0.2) is 0 Å². The molecule has 4 rings (SSSR count). The third kappa shape index (κ3) is 3.27. The number of morpholine rings is 1. The number of hydrogen-bond donors (Lipinski definition) is 0. The normalized spacial score (nSPS) is 23.2. The molecule has 156 valence electrons. The Morgan fingerprint density at radius 2 is 1.83 bits per heavy atom. The average Bonchev–Trinajstić information content (AvgIpc) is 3.03. The van der Waals surface area contributed by atoms with Gasteiger partial charge < -0.3 is 14.5 Å². The summed E-state index contributed by atoms with van der Waals surface area (Å²) >= 11 is 0. The van der Waals surface area contributed by atoms with Crippen LogP contribution in [0.15, 0.2) is 41.2 Å². The first-order valence-corrected chi connectivity index (χ1v) is 9.58. The second-order valence-corrected chi connectivity index (χ2v) is 7.67. The van der Waals surface area contributed by atoms with Crippen molar-refractivity contribution in [3.63, 3.8) is 0 Å². The number of anilines is 2. The molecular formula is C20H23F3N4O2. The molecule has 0 bridgehead atoms. The fourth-order valence-electron chi connectivity index (χ4n) is 4.08. The van der Waals surface area contributed by atoms with Crippen molar-refractivity contribution in [3.8, 4) is 0 Å². The standard InChI is InChI=1S/C20H23F3N4O2/c1-14(15-6-4-3-5-7-15)27-18-24-16(25-8-10-29-11-9-25)12-17(28)26(18)13-19(27,2)20(21,22)23/h3-7,12,14H,8-11,13H2,1-2H3. The number of rotatable bonds is 3. The molecule has 0 spiro atoms. The van der Waals surface area contributed by atoms with Crippen molar-refractivity contribution in [2.24, 2.45) is 0 Å². The lowest BCUT2D eigenvalue weighted by Gasteiger charge is -2.40. The lowest BCUT2D eigenvalue weighted by Crippen LogP contribution is -2.56. The number of fused-ring (bicyclic) bond motifs is 1. The topological polar surface area (TPSA) is 50.6 Å². The van der Waals surface area contributed by atoms with Gasteiger partial charge in [0.05, 0.1) is 25.8 Å². The average molecular weight is 408 g/mol. The molecule has 2 aliphatic heterocycles. The van der Waals surface area contributed by atoms with Gasteiger partial charge in [-0.2, -0.15) is 18.2 Å². The molecule has 2 aromatic rings. The lowest BCUT2D eigenvalue weighted by molar-refractivity contribution is -0.183. The summed E-state index contributed by atoms with van der Waals surface area (Å²) < 4.78 is 49.1. The van der Waals surface area contributed by atoms with E-state index < -0.39 is 29.9 Å². The molecule has 0 amide bonds. The maximum absolute atomic E-state index is 14.2. The van der Waals surface area contributed by atoms with E-state index in [0.29, 0.717) is 32.1 Å². The zero-order valence-electron chi connectivity index (χ0n) is 16.3. The molecular weight excluding hydrogens is 385 g/mol. The fourth-order valence-corrected chi connectivity index (χ4v) is 4.08. The van der Waals surface area contributed by atoms with Gasteiger partial charge in [0.25, 0.3) is 5.56 Å². The van der Waals surface area contributed by atoms with Crippen LogP contribution in [0.1, 0.15) is 25.5 Å². The van der Waals surface area contributed by atoms with Gasteiger partial charge in [-0.1, -0.05) is 30.3 Å². The van der Waals surface area contributed by atoms with E-state index in [1.165, 1.54) is 11.0 Å². The summed E-state index contributed by atoms with van der Waals surface area (Å²) in [6.45, 7) is 4.42. The minimum Gasteiger partial charge on any atom is -0.378 e. The second kappa shape index (κ2) is 7.05. The van der Waals surface area contributed by atoms with Crippen molar-refractivity contribution in [1.29, 1.82) is 0 Å². The van der Waals surface area contributed by atoms with Gasteiger partial charge in [0, 0.05) is 19.2 Å². The largest absolute Gasteiger partial charge is 0.413 e. The Hall–Kier alpha value is -2.55. The van der Waals surface area contributed by atoms with E-state index in [4.69, 9.17) is 4.74 Å². The van der Waals surface area contributed by atoms with Gasteiger partial charge in [-0.15, -0.1) is 0 Å². The molecule has 2 unspecified atom stereocenters. The number of hydrogen-bond acceptors (Lipinski definition) is 5. The monoisotopic (exact) mass is 408 g/mol. The molecule has 1 aromatic heterocycles. The fraction of sp³-hybridized carbons (Fsp3) is 0.500. The maximum Gasteiger partial charge on any atom is 0.413 e. The quantitative estimate of drug-likeness (QED) is 0.782. The van der Waals surface area contributed by atoms with E-state index in [0.717, 1.165) is 17.1 Å². The van der Waals surface area contributed by atoms with Gasteiger partial charge >= 0.3 is 6.18 Å². The Morgan fingerprint density at radius 3 is 2.45 bits per heavy atom. The maximum atomic E-state index is 14.2. The Morgan fingerprint density at radius 1 is 1.17 bits per heavy atom. The first-order chi connectivity index (χ1) is 13.7. The highest BCUT2D eigenvalue weighted by Crippen LogP contribution is 2.47. The van der Waals surface area contributed by atoms with Crippen molar-refractivity contribution in [2.45, 2.75) is 38.1 Å². The Balaban J connectivity index is 1.85. The second-order valence-electron chi connectivity index (χ2n) is 7.67. The SMILES string of the molecule is CC(c1ccccc1)N1c2nc(N3CCOCC3)cc(=O)n2CC1(C)C(F)(F)F. The third-order valence-corrected chi connectivity index (χ3v) is 5.80.